The molecular weight excluding hydrogens is 226 g/mol. The van der Waals surface area contributed by atoms with E-state index in [-0.39, 0.29) is 9.92 Å². The van der Waals surface area contributed by atoms with Crippen molar-refractivity contribution in [3.05, 3.63) is 27.1 Å². The summed E-state index contributed by atoms with van der Waals surface area (Å²) in [4.78, 5) is 13.6. The van der Waals surface area contributed by atoms with E-state index in [1.807, 2.05) is 6.07 Å². The quantitative estimate of drug-likeness (QED) is 0.644. The molecule has 1 aliphatic rings. The number of hydrogen-bond donors (Lipinski definition) is 1. The Labute approximate surface area is 98.0 Å². The minimum absolute atomic E-state index is 0.226. The van der Waals surface area contributed by atoms with Gasteiger partial charge in [0.1, 0.15) is 0 Å². The van der Waals surface area contributed by atoms with Crippen LogP contribution in [0.15, 0.2) is 12.1 Å². The molecule has 0 amide bonds. The van der Waals surface area contributed by atoms with Crippen LogP contribution in [0.2, 0.25) is 0 Å². The van der Waals surface area contributed by atoms with E-state index < -0.39 is 0 Å². The molecule has 0 aliphatic carbocycles. The molecule has 2 rings (SSSR count). The molecule has 0 spiro atoms. The maximum atomic E-state index is 10.5. The molecule has 1 aliphatic heterocycles. The van der Waals surface area contributed by atoms with Crippen LogP contribution in [-0.2, 0) is 6.54 Å². The van der Waals surface area contributed by atoms with Gasteiger partial charge in [0.15, 0.2) is 0 Å². The molecule has 1 aromatic heterocycles. The van der Waals surface area contributed by atoms with Crippen LogP contribution in [0.1, 0.15) is 17.7 Å². The lowest BCUT2D eigenvalue weighted by atomic mass is 10.1. The first-order valence-electron chi connectivity index (χ1n) is 5.36. The highest BCUT2D eigenvalue weighted by Gasteiger charge is 2.17. The SMILES string of the molecule is NC1CCN(Cc2ccc([N+](=O)[O-])s2)CC1. The van der Waals surface area contributed by atoms with E-state index >= 15 is 0 Å². The average molecular weight is 241 g/mol. The van der Waals surface area contributed by atoms with E-state index in [1.54, 1.807) is 6.07 Å². The number of likely N-dealkylation sites (tertiary alicyclic amines) is 1. The van der Waals surface area contributed by atoms with E-state index in [4.69, 9.17) is 5.73 Å². The molecule has 6 heteroatoms. The van der Waals surface area contributed by atoms with Gasteiger partial charge in [-0.3, -0.25) is 15.0 Å². The second-order valence-electron chi connectivity index (χ2n) is 4.11. The van der Waals surface area contributed by atoms with Crippen molar-refractivity contribution in [1.82, 2.24) is 4.90 Å². The highest BCUT2D eigenvalue weighted by Crippen LogP contribution is 2.25. The molecule has 0 unspecified atom stereocenters. The highest BCUT2D eigenvalue weighted by molar-refractivity contribution is 7.15. The molecule has 0 bridgehead atoms. The largest absolute Gasteiger partial charge is 0.328 e. The fourth-order valence-corrected chi connectivity index (χ4v) is 2.74. The summed E-state index contributed by atoms with van der Waals surface area (Å²) in [7, 11) is 0. The van der Waals surface area contributed by atoms with Gasteiger partial charge >= 0.3 is 5.00 Å². The Bertz CT molecular complexity index is 372. The third-order valence-corrected chi connectivity index (χ3v) is 3.86. The standard InChI is InChI=1S/C10H15N3O2S/c11-8-3-5-12(6-4-8)7-9-1-2-10(16-9)13(14)15/h1-2,8H,3-7,11H2. The van der Waals surface area contributed by atoms with Gasteiger partial charge in [-0.05, 0) is 32.0 Å². The summed E-state index contributed by atoms with van der Waals surface area (Å²) in [6.07, 6.45) is 2.04. The average Bonchev–Trinajstić information content (AvgIpc) is 2.70. The maximum absolute atomic E-state index is 10.5. The number of thiophene rings is 1. The topological polar surface area (TPSA) is 72.4 Å². The number of rotatable bonds is 3. The fourth-order valence-electron chi connectivity index (χ4n) is 1.88. The van der Waals surface area contributed by atoms with Crippen molar-refractivity contribution >= 4 is 16.3 Å². The van der Waals surface area contributed by atoms with Crippen LogP contribution in [-0.4, -0.2) is 29.0 Å². The molecule has 0 radical (unpaired) electrons. The molecule has 16 heavy (non-hydrogen) atoms. The van der Waals surface area contributed by atoms with Crippen molar-refractivity contribution in [3.63, 3.8) is 0 Å². The Morgan fingerprint density at radius 3 is 2.75 bits per heavy atom. The first-order valence-corrected chi connectivity index (χ1v) is 6.18. The molecule has 1 aromatic rings. The molecular formula is C10H15N3O2S. The van der Waals surface area contributed by atoms with E-state index in [0.717, 1.165) is 37.4 Å². The van der Waals surface area contributed by atoms with Gasteiger partial charge < -0.3 is 5.73 Å². The Hall–Kier alpha value is -0.980. The Morgan fingerprint density at radius 1 is 1.50 bits per heavy atom. The van der Waals surface area contributed by atoms with Gasteiger partial charge in [0.2, 0.25) is 0 Å². The number of nitrogens with two attached hydrogens (primary N) is 1. The van der Waals surface area contributed by atoms with Crippen LogP contribution in [0.5, 0.6) is 0 Å². The van der Waals surface area contributed by atoms with E-state index in [0.29, 0.717) is 6.04 Å². The van der Waals surface area contributed by atoms with E-state index in [2.05, 4.69) is 4.90 Å². The second kappa shape index (κ2) is 4.90. The minimum Gasteiger partial charge on any atom is -0.328 e. The lowest BCUT2D eigenvalue weighted by Gasteiger charge is -2.29. The smallest absolute Gasteiger partial charge is 0.324 e. The Balaban J connectivity index is 1.91. The number of piperidine rings is 1. The van der Waals surface area contributed by atoms with Gasteiger partial charge in [-0.15, -0.1) is 0 Å². The summed E-state index contributed by atoms with van der Waals surface area (Å²) < 4.78 is 0. The first kappa shape index (κ1) is 11.5. The lowest BCUT2D eigenvalue weighted by molar-refractivity contribution is -0.380. The molecule has 0 aromatic carbocycles. The predicted molar refractivity (Wildman–Crippen MR) is 63.5 cm³/mol. The zero-order valence-electron chi connectivity index (χ0n) is 8.96. The van der Waals surface area contributed by atoms with Crippen molar-refractivity contribution in [3.8, 4) is 0 Å². The Kier molecular flexibility index (Phi) is 3.52. The predicted octanol–water partition coefficient (Wildman–Crippen LogP) is 1.58. The van der Waals surface area contributed by atoms with E-state index in [1.165, 1.54) is 11.3 Å². The number of nitrogens with zero attached hydrogens (tertiary/aromatic N) is 2. The van der Waals surface area contributed by atoms with Gasteiger partial charge in [0, 0.05) is 23.5 Å². The van der Waals surface area contributed by atoms with Gasteiger partial charge in [-0.1, -0.05) is 11.3 Å². The first-order chi connectivity index (χ1) is 7.65. The minimum atomic E-state index is -0.333. The van der Waals surface area contributed by atoms with Crippen LogP contribution in [0.3, 0.4) is 0 Å². The lowest BCUT2D eigenvalue weighted by Crippen LogP contribution is -2.39. The second-order valence-corrected chi connectivity index (χ2v) is 5.26. The van der Waals surface area contributed by atoms with Crippen molar-refractivity contribution in [2.75, 3.05) is 13.1 Å². The van der Waals surface area contributed by atoms with Crippen molar-refractivity contribution in [2.45, 2.75) is 25.4 Å². The monoisotopic (exact) mass is 241 g/mol. The molecule has 0 saturated carbocycles. The third-order valence-electron chi connectivity index (χ3n) is 2.84. The van der Waals surface area contributed by atoms with Crippen LogP contribution in [0.4, 0.5) is 5.00 Å². The number of nitro groups is 1. The summed E-state index contributed by atoms with van der Waals surface area (Å²) in [5, 5.41) is 10.8. The normalized spacial score (nSPS) is 18.8. The van der Waals surface area contributed by atoms with Crippen LogP contribution < -0.4 is 5.73 Å². The van der Waals surface area contributed by atoms with E-state index in [9.17, 15) is 10.1 Å². The van der Waals surface area contributed by atoms with Crippen molar-refractivity contribution in [2.24, 2.45) is 5.73 Å². The van der Waals surface area contributed by atoms with Crippen LogP contribution in [0.25, 0.3) is 0 Å². The molecule has 2 heterocycles. The molecule has 2 N–H and O–H groups in total. The molecule has 5 nitrogen and oxygen atoms in total. The molecule has 1 saturated heterocycles. The molecule has 0 atom stereocenters. The maximum Gasteiger partial charge on any atom is 0.324 e. The summed E-state index contributed by atoms with van der Waals surface area (Å²) >= 11 is 1.26. The fraction of sp³-hybridized carbons (Fsp3) is 0.600. The van der Waals surface area contributed by atoms with Gasteiger partial charge in [0.25, 0.3) is 0 Å². The summed E-state index contributed by atoms with van der Waals surface area (Å²) in [6.45, 7) is 2.80. The molecule has 1 fully saturated rings. The highest BCUT2D eigenvalue weighted by atomic mass is 32.1. The zero-order valence-corrected chi connectivity index (χ0v) is 9.78. The van der Waals surface area contributed by atoms with Gasteiger partial charge in [-0.2, -0.15) is 0 Å². The van der Waals surface area contributed by atoms with Crippen LogP contribution in [0, 0.1) is 10.1 Å². The van der Waals surface area contributed by atoms with Gasteiger partial charge in [0.05, 0.1) is 4.92 Å². The van der Waals surface area contributed by atoms with Gasteiger partial charge in [-0.25, -0.2) is 0 Å². The summed E-state index contributed by atoms with van der Waals surface area (Å²) in [5.41, 5.74) is 5.82. The van der Waals surface area contributed by atoms with Crippen LogP contribution >= 0.6 is 11.3 Å². The summed E-state index contributed by atoms with van der Waals surface area (Å²) in [6, 6.07) is 3.75. The van der Waals surface area contributed by atoms with Crippen molar-refractivity contribution < 1.29 is 4.92 Å². The van der Waals surface area contributed by atoms with Crippen molar-refractivity contribution in [1.29, 1.82) is 0 Å². The summed E-state index contributed by atoms with van der Waals surface area (Å²) in [5.74, 6) is 0. The zero-order chi connectivity index (χ0) is 11.5. The third kappa shape index (κ3) is 2.78. The Morgan fingerprint density at radius 2 is 2.19 bits per heavy atom. The number of hydrogen-bond acceptors (Lipinski definition) is 5. The molecule has 88 valence electrons.